The van der Waals surface area contributed by atoms with Gasteiger partial charge in [0.25, 0.3) is 0 Å². The molecule has 0 aliphatic carbocycles. The Hall–Kier alpha value is -1.36. The molecule has 21 heavy (non-hydrogen) atoms. The number of hydrogen-bond acceptors (Lipinski definition) is 5. The predicted molar refractivity (Wildman–Crippen MR) is 83.9 cm³/mol. The third-order valence-corrected chi connectivity index (χ3v) is 3.54. The Morgan fingerprint density at radius 1 is 1.29 bits per heavy atom. The predicted octanol–water partition coefficient (Wildman–Crippen LogP) is 3.01. The summed E-state index contributed by atoms with van der Waals surface area (Å²) in [6.07, 6.45) is 2.13. The van der Waals surface area contributed by atoms with Gasteiger partial charge >= 0.3 is 0 Å². The van der Waals surface area contributed by atoms with Crippen molar-refractivity contribution in [2.45, 2.75) is 46.0 Å². The monoisotopic (exact) mass is 293 g/mol. The van der Waals surface area contributed by atoms with Crippen LogP contribution in [0, 0.1) is 5.92 Å². The molecule has 1 saturated heterocycles. The van der Waals surface area contributed by atoms with Crippen LogP contribution in [0.2, 0.25) is 0 Å². The largest absolute Gasteiger partial charge is 0.477 e. The summed E-state index contributed by atoms with van der Waals surface area (Å²) >= 11 is 0. The zero-order valence-electron chi connectivity index (χ0n) is 13.6. The van der Waals surface area contributed by atoms with Crippen molar-refractivity contribution in [3.8, 4) is 5.88 Å². The van der Waals surface area contributed by atoms with Gasteiger partial charge < -0.3 is 14.8 Å². The molecule has 1 aromatic rings. The Morgan fingerprint density at radius 2 is 2.00 bits per heavy atom. The first-order valence-corrected chi connectivity index (χ1v) is 7.83. The lowest BCUT2D eigenvalue weighted by Crippen LogP contribution is -2.22. The zero-order valence-corrected chi connectivity index (χ0v) is 13.6. The quantitative estimate of drug-likeness (QED) is 0.904. The Balaban J connectivity index is 2.07. The molecule has 0 radical (unpaired) electrons. The van der Waals surface area contributed by atoms with Crippen LogP contribution in [0.15, 0.2) is 6.07 Å². The lowest BCUT2D eigenvalue weighted by atomic mass is 9.96. The van der Waals surface area contributed by atoms with Crippen LogP contribution in [0.3, 0.4) is 0 Å². The molecule has 5 nitrogen and oxygen atoms in total. The van der Waals surface area contributed by atoms with E-state index in [1.165, 1.54) is 0 Å². The van der Waals surface area contributed by atoms with Crippen molar-refractivity contribution in [1.82, 2.24) is 9.97 Å². The number of nitrogens with one attached hydrogen (secondary N) is 1. The summed E-state index contributed by atoms with van der Waals surface area (Å²) in [5.74, 6) is 2.87. The summed E-state index contributed by atoms with van der Waals surface area (Å²) < 4.78 is 11.3. The van der Waals surface area contributed by atoms with Crippen LogP contribution in [0.25, 0.3) is 0 Å². The van der Waals surface area contributed by atoms with Crippen molar-refractivity contribution >= 4 is 5.82 Å². The fourth-order valence-electron chi connectivity index (χ4n) is 2.22. The highest BCUT2D eigenvalue weighted by molar-refractivity contribution is 5.39. The second-order valence-corrected chi connectivity index (χ2v) is 6.56. The molecule has 0 atom stereocenters. The van der Waals surface area contributed by atoms with Gasteiger partial charge in [-0.1, -0.05) is 20.8 Å². The number of hydrogen-bond donors (Lipinski definition) is 1. The number of rotatable bonds is 5. The van der Waals surface area contributed by atoms with Crippen LogP contribution < -0.4 is 10.1 Å². The Bertz CT molecular complexity index is 451. The molecule has 0 unspecified atom stereocenters. The van der Waals surface area contributed by atoms with E-state index in [-0.39, 0.29) is 5.41 Å². The topological polar surface area (TPSA) is 56.3 Å². The normalized spacial score (nSPS) is 16.8. The van der Waals surface area contributed by atoms with Crippen LogP contribution in [-0.4, -0.2) is 36.3 Å². The summed E-state index contributed by atoms with van der Waals surface area (Å²) in [6, 6.07) is 1.89. The third kappa shape index (κ3) is 4.84. The van der Waals surface area contributed by atoms with Gasteiger partial charge in [-0.3, -0.25) is 0 Å². The minimum absolute atomic E-state index is 0.0950. The van der Waals surface area contributed by atoms with Crippen molar-refractivity contribution < 1.29 is 9.47 Å². The minimum atomic E-state index is -0.0950. The van der Waals surface area contributed by atoms with Crippen LogP contribution in [-0.2, 0) is 10.2 Å². The number of ether oxygens (including phenoxy) is 2. The molecule has 1 aliphatic heterocycles. The third-order valence-electron chi connectivity index (χ3n) is 3.54. The second-order valence-electron chi connectivity index (χ2n) is 6.56. The fourth-order valence-corrected chi connectivity index (χ4v) is 2.22. The Kier molecular flexibility index (Phi) is 5.39. The second kappa shape index (κ2) is 7.07. The van der Waals surface area contributed by atoms with Crippen molar-refractivity contribution in [3.63, 3.8) is 0 Å². The van der Waals surface area contributed by atoms with Crippen molar-refractivity contribution in [3.05, 3.63) is 11.9 Å². The van der Waals surface area contributed by atoms with E-state index in [9.17, 15) is 0 Å². The molecule has 0 bridgehead atoms. The average Bonchev–Trinajstić information content (AvgIpc) is 2.45. The van der Waals surface area contributed by atoms with E-state index >= 15 is 0 Å². The summed E-state index contributed by atoms with van der Waals surface area (Å²) in [4.78, 5) is 9.13. The molecule has 1 aliphatic rings. The number of aromatic nitrogens is 2. The smallest absolute Gasteiger partial charge is 0.218 e. The van der Waals surface area contributed by atoms with E-state index in [0.29, 0.717) is 18.4 Å². The van der Waals surface area contributed by atoms with E-state index < -0.39 is 0 Å². The summed E-state index contributed by atoms with van der Waals surface area (Å²) in [5, 5.41) is 3.25. The lowest BCUT2D eigenvalue weighted by molar-refractivity contribution is 0.0489. The van der Waals surface area contributed by atoms with Crippen LogP contribution in [0.1, 0.15) is 46.4 Å². The van der Waals surface area contributed by atoms with E-state index in [0.717, 1.165) is 44.2 Å². The standard InChI is InChI=1S/C16H27N3O2/c1-5-17-13-10-14(19-15(18-13)16(2,3)4)21-11-12-6-8-20-9-7-12/h10,12H,5-9,11H2,1-4H3,(H,17,18,19). The van der Waals surface area contributed by atoms with Crippen molar-refractivity contribution in [2.75, 3.05) is 31.7 Å². The molecular formula is C16H27N3O2. The van der Waals surface area contributed by atoms with Gasteiger partial charge in [0, 0.05) is 31.2 Å². The molecule has 0 spiro atoms. The fraction of sp³-hybridized carbons (Fsp3) is 0.750. The summed E-state index contributed by atoms with van der Waals surface area (Å²) in [6.45, 7) is 11.6. The van der Waals surface area contributed by atoms with Gasteiger partial charge in [0.1, 0.15) is 11.6 Å². The van der Waals surface area contributed by atoms with Crippen LogP contribution >= 0.6 is 0 Å². The first-order valence-electron chi connectivity index (χ1n) is 7.83. The maximum Gasteiger partial charge on any atom is 0.218 e. The highest BCUT2D eigenvalue weighted by Crippen LogP contribution is 2.24. The van der Waals surface area contributed by atoms with Gasteiger partial charge in [-0.25, -0.2) is 4.98 Å². The Labute approximate surface area is 127 Å². The van der Waals surface area contributed by atoms with Gasteiger partial charge in [-0.2, -0.15) is 4.98 Å². The zero-order chi connectivity index (χ0) is 15.3. The van der Waals surface area contributed by atoms with E-state index in [4.69, 9.17) is 9.47 Å². The molecule has 2 heterocycles. The first-order chi connectivity index (χ1) is 9.99. The van der Waals surface area contributed by atoms with Gasteiger partial charge in [-0.15, -0.1) is 0 Å². The minimum Gasteiger partial charge on any atom is -0.477 e. The van der Waals surface area contributed by atoms with Crippen molar-refractivity contribution in [1.29, 1.82) is 0 Å². The molecule has 0 saturated carbocycles. The molecule has 0 amide bonds. The maximum atomic E-state index is 5.92. The molecule has 5 heteroatoms. The molecule has 2 rings (SSSR count). The Morgan fingerprint density at radius 3 is 2.62 bits per heavy atom. The molecule has 1 aromatic heterocycles. The van der Waals surface area contributed by atoms with E-state index in [2.05, 4.69) is 43.0 Å². The maximum absolute atomic E-state index is 5.92. The number of anilines is 1. The molecule has 1 N–H and O–H groups in total. The van der Waals surface area contributed by atoms with Gasteiger partial charge in [-0.05, 0) is 25.7 Å². The lowest BCUT2D eigenvalue weighted by Gasteiger charge is -2.23. The van der Waals surface area contributed by atoms with Crippen LogP contribution in [0.5, 0.6) is 5.88 Å². The highest BCUT2D eigenvalue weighted by Gasteiger charge is 2.20. The van der Waals surface area contributed by atoms with E-state index in [1.807, 2.05) is 6.07 Å². The summed E-state index contributed by atoms with van der Waals surface area (Å²) in [5.41, 5.74) is -0.0950. The summed E-state index contributed by atoms with van der Waals surface area (Å²) in [7, 11) is 0. The van der Waals surface area contributed by atoms with Crippen LogP contribution in [0.4, 0.5) is 5.82 Å². The SMILES string of the molecule is CCNc1cc(OCC2CCOCC2)nc(C(C)(C)C)n1. The van der Waals surface area contributed by atoms with Gasteiger partial charge in [0.05, 0.1) is 6.61 Å². The number of nitrogens with zero attached hydrogens (tertiary/aromatic N) is 2. The molecular weight excluding hydrogens is 266 g/mol. The van der Waals surface area contributed by atoms with E-state index in [1.54, 1.807) is 0 Å². The molecule has 1 fully saturated rings. The molecule has 118 valence electrons. The van der Waals surface area contributed by atoms with Crippen molar-refractivity contribution in [2.24, 2.45) is 5.92 Å². The average molecular weight is 293 g/mol. The van der Waals surface area contributed by atoms with Gasteiger partial charge in [0.2, 0.25) is 5.88 Å². The molecule has 0 aromatic carbocycles. The van der Waals surface area contributed by atoms with Gasteiger partial charge in [0.15, 0.2) is 0 Å². The first kappa shape index (κ1) is 16.0. The highest BCUT2D eigenvalue weighted by atomic mass is 16.5.